The maximum Gasteiger partial charge on any atom is 0.404 e. The zero-order chi connectivity index (χ0) is 15.5. The molecule has 1 aliphatic rings. The summed E-state index contributed by atoms with van der Waals surface area (Å²) < 4.78 is 44.7. The van der Waals surface area contributed by atoms with Gasteiger partial charge in [0.2, 0.25) is 0 Å². The second kappa shape index (κ2) is 6.47. The molecule has 0 saturated carbocycles. The van der Waals surface area contributed by atoms with Gasteiger partial charge in [0.25, 0.3) is 0 Å². The average Bonchev–Trinajstić information content (AvgIpc) is 2.84. The van der Waals surface area contributed by atoms with Crippen molar-refractivity contribution >= 4 is 5.97 Å². The van der Waals surface area contributed by atoms with E-state index in [0.29, 0.717) is 0 Å². The molecular formula is C15H18F3NO2. The number of carbonyl (C=O) groups is 1. The largest absolute Gasteiger partial charge is 0.466 e. The van der Waals surface area contributed by atoms with Crippen LogP contribution in [0.25, 0.3) is 0 Å². The Labute approximate surface area is 121 Å². The van der Waals surface area contributed by atoms with Gasteiger partial charge in [-0.25, -0.2) is 0 Å². The van der Waals surface area contributed by atoms with Gasteiger partial charge in [0.15, 0.2) is 0 Å². The van der Waals surface area contributed by atoms with Gasteiger partial charge in [-0.1, -0.05) is 30.3 Å². The van der Waals surface area contributed by atoms with Crippen molar-refractivity contribution in [2.45, 2.75) is 32.1 Å². The number of esters is 1. The van der Waals surface area contributed by atoms with Crippen LogP contribution in [0.1, 0.15) is 18.9 Å². The van der Waals surface area contributed by atoms with Crippen LogP contribution in [0.5, 0.6) is 0 Å². The van der Waals surface area contributed by atoms with Crippen molar-refractivity contribution in [1.29, 1.82) is 0 Å². The molecule has 2 rings (SSSR count). The minimum Gasteiger partial charge on any atom is -0.466 e. The molecule has 1 saturated heterocycles. The number of alkyl halides is 3. The molecular weight excluding hydrogens is 283 g/mol. The van der Waals surface area contributed by atoms with Crippen LogP contribution in [-0.4, -0.2) is 36.2 Å². The summed E-state index contributed by atoms with van der Waals surface area (Å²) in [6, 6.07) is 7.19. The number of hydrogen-bond acceptors (Lipinski definition) is 3. The van der Waals surface area contributed by atoms with Gasteiger partial charge in [-0.2, -0.15) is 13.2 Å². The Morgan fingerprint density at radius 3 is 2.57 bits per heavy atom. The highest BCUT2D eigenvalue weighted by atomic mass is 19.4. The lowest BCUT2D eigenvalue weighted by atomic mass is 10.00. The third-order valence-electron chi connectivity index (χ3n) is 3.66. The molecule has 0 aromatic heterocycles. The normalized spacial score (nSPS) is 23.2. The molecule has 0 spiro atoms. The molecule has 1 fully saturated rings. The third kappa shape index (κ3) is 3.75. The van der Waals surface area contributed by atoms with Crippen LogP contribution in [0.4, 0.5) is 13.2 Å². The number of rotatable bonds is 4. The van der Waals surface area contributed by atoms with Gasteiger partial charge in [-0.05, 0) is 18.9 Å². The van der Waals surface area contributed by atoms with E-state index >= 15 is 0 Å². The number of hydrogen-bond donors (Lipinski definition) is 0. The number of carbonyl (C=O) groups excluding carboxylic acids is 1. The Bertz CT molecular complexity index is 476. The van der Waals surface area contributed by atoms with Gasteiger partial charge < -0.3 is 4.74 Å². The van der Waals surface area contributed by atoms with E-state index in [4.69, 9.17) is 4.74 Å². The molecule has 6 heteroatoms. The van der Waals surface area contributed by atoms with Gasteiger partial charge >= 0.3 is 12.1 Å². The van der Waals surface area contributed by atoms with Crippen molar-refractivity contribution < 1.29 is 22.7 Å². The van der Waals surface area contributed by atoms with Crippen LogP contribution in [0, 0.1) is 5.92 Å². The van der Waals surface area contributed by atoms with Crippen molar-refractivity contribution in [3.05, 3.63) is 35.9 Å². The van der Waals surface area contributed by atoms with Gasteiger partial charge in [-0.15, -0.1) is 0 Å². The number of ether oxygens (including phenoxy) is 1. The molecule has 1 aromatic carbocycles. The monoisotopic (exact) mass is 301 g/mol. The highest BCUT2D eigenvalue weighted by Crippen LogP contribution is 2.38. The van der Waals surface area contributed by atoms with Crippen LogP contribution in [0.3, 0.4) is 0 Å². The van der Waals surface area contributed by atoms with Gasteiger partial charge in [0.05, 0.1) is 12.5 Å². The summed E-state index contributed by atoms with van der Waals surface area (Å²) in [4.78, 5) is 13.1. The van der Waals surface area contributed by atoms with Crippen molar-refractivity contribution in [3.63, 3.8) is 0 Å². The summed E-state index contributed by atoms with van der Waals surface area (Å²) in [6.45, 7) is 2.11. The fourth-order valence-corrected chi connectivity index (χ4v) is 2.78. The lowest BCUT2D eigenvalue weighted by Crippen LogP contribution is -2.46. The van der Waals surface area contributed by atoms with Crippen LogP contribution in [0.15, 0.2) is 30.3 Å². The molecule has 0 aliphatic carbocycles. The molecule has 21 heavy (non-hydrogen) atoms. The first-order chi connectivity index (χ1) is 9.93. The molecule has 0 N–H and O–H groups in total. The zero-order valence-corrected chi connectivity index (χ0v) is 11.8. The Hall–Kier alpha value is -1.56. The Morgan fingerprint density at radius 1 is 1.33 bits per heavy atom. The highest BCUT2D eigenvalue weighted by Gasteiger charge is 2.54. The van der Waals surface area contributed by atoms with Gasteiger partial charge in [-0.3, -0.25) is 9.69 Å². The zero-order valence-electron chi connectivity index (χ0n) is 11.8. The van der Waals surface area contributed by atoms with Crippen LogP contribution in [0.2, 0.25) is 0 Å². The van der Waals surface area contributed by atoms with Crippen molar-refractivity contribution in [3.8, 4) is 0 Å². The van der Waals surface area contributed by atoms with E-state index < -0.39 is 24.1 Å². The van der Waals surface area contributed by atoms with Crippen molar-refractivity contribution in [1.82, 2.24) is 4.90 Å². The SMILES string of the molecule is CCOC(=O)[C@H]1CCN(Cc2ccccc2)[C@@H]1C(F)(F)F. The molecule has 1 aromatic rings. The maximum atomic E-state index is 13.3. The number of halogens is 3. The van der Waals surface area contributed by atoms with Crippen LogP contribution in [-0.2, 0) is 16.1 Å². The smallest absolute Gasteiger partial charge is 0.404 e. The molecule has 116 valence electrons. The van der Waals surface area contributed by atoms with Gasteiger partial charge in [0, 0.05) is 13.1 Å². The minimum absolute atomic E-state index is 0.0958. The molecule has 2 atom stereocenters. The van der Waals surface area contributed by atoms with E-state index in [-0.39, 0.29) is 26.1 Å². The first kappa shape index (κ1) is 15.8. The summed E-state index contributed by atoms with van der Waals surface area (Å²) in [5.74, 6) is -1.89. The molecule has 3 nitrogen and oxygen atoms in total. The standard InChI is InChI=1S/C15H18F3NO2/c1-2-21-14(20)12-8-9-19(13(12)15(16,17)18)10-11-6-4-3-5-7-11/h3-7,12-13H,2,8-10H2,1H3/t12-,13-/m0/s1. The van der Waals surface area contributed by atoms with Crippen LogP contribution >= 0.6 is 0 Å². The average molecular weight is 301 g/mol. The quantitative estimate of drug-likeness (QED) is 0.801. The van der Waals surface area contributed by atoms with E-state index in [9.17, 15) is 18.0 Å². The first-order valence-corrected chi connectivity index (χ1v) is 6.94. The first-order valence-electron chi connectivity index (χ1n) is 6.94. The molecule has 0 bridgehead atoms. The second-order valence-electron chi connectivity index (χ2n) is 5.09. The molecule has 0 unspecified atom stereocenters. The summed E-state index contributed by atoms with van der Waals surface area (Å²) in [6.07, 6.45) is -4.27. The predicted octanol–water partition coefficient (Wildman–Crippen LogP) is 3.00. The Morgan fingerprint density at radius 2 is 2.00 bits per heavy atom. The number of benzene rings is 1. The van der Waals surface area contributed by atoms with E-state index in [1.165, 1.54) is 4.90 Å². The fraction of sp³-hybridized carbons (Fsp3) is 0.533. The summed E-state index contributed by atoms with van der Waals surface area (Å²) in [7, 11) is 0. The lowest BCUT2D eigenvalue weighted by molar-refractivity contribution is -0.194. The summed E-state index contributed by atoms with van der Waals surface area (Å²) in [5, 5.41) is 0. The molecule has 0 amide bonds. The van der Waals surface area contributed by atoms with Crippen LogP contribution < -0.4 is 0 Å². The molecule has 0 radical (unpaired) electrons. The lowest BCUT2D eigenvalue weighted by Gasteiger charge is -2.29. The fourth-order valence-electron chi connectivity index (χ4n) is 2.78. The molecule has 1 aliphatic heterocycles. The third-order valence-corrected chi connectivity index (χ3v) is 3.66. The second-order valence-corrected chi connectivity index (χ2v) is 5.09. The van der Waals surface area contributed by atoms with E-state index in [1.807, 2.05) is 6.07 Å². The topological polar surface area (TPSA) is 29.5 Å². The Kier molecular flexibility index (Phi) is 4.88. The van der Waals surface area contributed by atoms with E-state index in [1.54, 1.807) is 31.2 Å². The van der Waals surface area contributed by atoms with Crippen molar-refractivity contribution in [2.24, 2.45) is 5.92 Å². The minimum atomic E-state index is -4.44. The van der Waals surface area contributed by atoms with Gasteiger partial charge in [0.1, 0.15) is 6.04 Å². The molecule has 1 heterocycles. The summed E-state index contributed by atoms with van der Waals surface area (Å²) >= 11 is 0. The number of likely N-dealkylation sites (tertiary alicyclic amines) is 1. The van der Waals surface area contributed by atoms with E-state index in [2.05, 4.69) is 0 Å². The maximum absolute atomic E-state index is 13.3. The van der Waals surface area contributed by atoms with Crippen molar-refractivity contribution in [2.75, 3.05) is 13.2 Å². The predicted molar refractivity (Wildman–Crippen MR) is 71.4 cm³/mol. The number of nitrogens with zero attached hydrogens (tertiary/aromatic N) is 1. The highest BCUT2D eigenvalue weighted by molar-refractivity contribution is 5.74. The van der Waals surface area contributed by atoms with E-state index in [0.717, 1.165) is 5.56 Å². The summed E-state index contributed by atoms with van der Waals surface area (Å²) in [5.41, 5.74) is 0.802. The Balaban J connectivity index is 2.16.